The van der Waals surface area contributed by atoms with Crippen molar-refractivity contribution in [1.82, 2.24) is 5.32 Å². The maximum atomic E-state index is 10.2. The molecule has 0 unspecified atom stereocenters. The smallest absolute Gasteiger partial charge is 0.237 e. The predicted octanol–water partition coefficient (Wildman–Crippen LogP) is 0.0440. The standard InChI is InChI=1S/C4H6BrNO2/c1-3(7)6-4(8)2-5/h2H2,1H3,(H,6,7,8). The van der Waals surface area contributed by atoms with Crippen molar-refractivity contribution >= 4 is 27.7 Å². The van der Waals surface area contributed by atoms with Crippen LogP contribution in [0.4, 0.5) is 0 Å². The number of carbonyl (C=O) groups excluding carboxylic acids is 2. The van der Waals surface area contributed by atoms with E-state index in [0.29, 0.717) is 0 Å². The van der Waals surface area contributed by atoms with E-state index in [1.165, 1.54) is 6.92 Å². The molecule has 1 N–H and O–H groups in total. The molecule has 46 valence electrons. The molecule has 0 fully saturated rings. The van der Waals surface area contributed by atoms with Gasteiger partial charge < -0.3 is 0 Å². The van der Waals surface area contributed by atoms with Crippen LogP contribution in [0.3, 0.4) is 0 Å². The maximum absolute atomic E-state index is 10.2. The van der Waals surface area contributed by atoms with Crippen LogP contribution in [0.1, 0.15) is 6.92 Å². The molecule has 0 atom stereocenters. The molecule has 0 spiro atoms. The van der Waals surface area contributed by atoms with E-state index in [2.05, 4.69) is 21.2 Å². The summed E-state index contributed by atoms with van der Waals surface area (Å²) in [6, 6.07) is 0. The Hall–Kier alpha value is -0.380. The highest BCUT2D eigenvalue weighted by Gasteiger charge is 1.97. The summed E-state index contributed by atoms with van der Waals surface area (Å²) in [5, 5.41) is 2.24. The predicted molar refractivity (Wildman–Crippen MR) is 32.6 cm³/mol. The van der Waals surface area contributed by atoms with Crippen molar-refractivity contribution in [2.24, 2.45) is 0 Å². The van der Waals surface area contributed by atoms with Crippen LogP contribution in [0.15, 0.2) is 0 Å². The van der Waals surface area contributed by atoms with E-state index in [4.69, 9.17) is 0 Å². The van der Waals surface area contributed by atoms with Crippen LogP contribution in [-0.4, -0.2) is 17.1 Å². The Morgan fingerprint density at radius 2 is 2.12 bits per heavy atom. The average Bonchev–Trinajstić information content (AvgIpc) is 1.65. The van der Waals surface area contributed by atoms with Crippen LogP contribution in [0, 0.1) is 0 Å². The van der Waals surface area contributed by atoms with Gasteiger partial charge in [0, 0.05) is 6.92 Å². The van der Waals surface area contributed by atoms with Crippen molar-refractivity contribution in [3.8, 4) is 0 Å². The molecule has 0 rings (SSSR count). The lowest BCUT2D eigenvalue weighted by Crippen LogP contribution is -2.28. The molecule has 0 saturated carbocycles. The zero-order chi connectivity index (χ0) is 6.57. The van der Waals surface area contributed by atoms with E-state index in [1.54, 1.807) is 0 Å². The third-order valence-electron chi connectivity index (χ3n) is 0.437. The van der Waals surface area contributed by atoms with Gasteiger partial charge in [0.05, 0.1) is 5.33 Å². The Bertz CT molecular complexity index is 113. The molecule has 2 amide bonds. The Labute approximate surface area is 55.6 Å². The number of halogens is 1. The third kappa shape index (κ3) is 3.80. The second-order valence-corrected chi connectivity index (χ2v) is 1.80. The highest BCUT2D eigenvalue weighted by atomic mass is 79.9. The first kappa shape index (κ1) is 7.62. The number of nitrogens with one attached hydrogen (secondary N) is 1. The maximum Gasteiger partial charge on any atom is 0.237 e. The molecule has 0 radical (unpaired) electrons. The quantitative estimate of drug-likeness (QED) is 0.579. The fourth-order valence-corrected chi connectivity index (χ4v) is 0.370. The number of amides is 2. The van der Waals surface area contributed by atoms with E-state index in [0.717, 1.165) is 0 Å². The zero-order valence-corrected chi connectivity index (χ0v) is 5.99. The van der Waals surface area contributed by atoms with E-state index in [1.807, 2.05) is 0 Å². The fraction of sp³-hybridized carbons (Fsp3) is 0.500. The summed E-state index contributed by atoms with van der Waals surface area (Å²) in [5.74, 6) is -0.632. The van der Waals surface area contributed by atoms with Crippen LogP contribution >= 0.6 is 15.9 Å². The van der Waals surface area contributed by atoms with Gasteiger partial charge in [0.15, 0.2) is 0 Å². The summed E-state index contributed by atoms with van der Waals surface area (Å²) in [7, 11) is 0. The molecular weight excluding hydrogens is 174 g/mol. The Morgan fingerprint density at radius 3 is 2.25 bits per heavy atom. The zero-order valence-electron chi connectivity index (χ0n) is 4.40. The van der Waals surface area contributed by atoms with Gasteiger partial charge in [-0.1, -0.05) is 15.9 Å². The molecule has 0 aromatic carbocycles. The number of hydrogen-bond donors (Lipinski definition) is 1. The monoisotopic (exact) mass is 179 g/mol. The summed E-state index contributed by atoms with van der Waals surface area (Å²) >= 11 is 2.88. The Morgan fingerprint density at radius 1 is 1.62 bits per heavy atom. The third-order valence-corrected chi connectivity index (χ3v) is 0.946. The average molecular weight is 180 g/mol. The van der Waals surface area contributed by atoms with Crippen LogP contribution in [0.5, 0.6) is 0 Å². The number of alkyl halides is 1. The normalized spacial score (nSPS) is 8.25. The number of imide groups is 1. The van der Waals surface area contributed by atoms with E-state index < -0.39 is 0 Å². The van der Waals surface area contributed by atoms with E-state index >= 15 is 0 Å². The first-order chi connectivity index (χ1) is 3.66. The van der Waals surface area contributed by atoms with Crippen molar-refractivity contribution in [2.75, 3.05) is 5.33 Å². The highest BCUT2D eigenvalue weighted by Crippen LogP contribution is 1.76. The van der Waals surface area contributed by atoms with Gasteiger partial charge in [-0.05, 0) is 0 Å². The van der Waals surface area contributed by atoms with Crippen molar-refractivity contribution in [3.05, 3.63) is 0 Å². The molecule has 0 aliphatic carbocycles. The fourth-order valence-electron chi connectivity index (χ4n) is 0.230. The van der Waals surface area contributed by atoms with Gasteiger partial charge in [-0.25, -0.2) is 0 Å². The molecule has 4 heteroatoms. The SMILES string of the molecule is CC(=O)NC(=O)CBr. The van der Waals surface area contributed by atoms with Gasteiger partial charge in [0.1, 0.15) is 0 Å². The van der Waals surface area contributed by atoms with Crippen LogP contribution in [0.2, 0.25) is 0 Å². The molecule has 8 heavy (non-hydrogen) atoms. The molecule has 0 aromatic heterocycles. The highest BCUT2D eigenvalue weighted by molar-refractivity contribution is 9.09. The van der Waals surface area contributed by atoms with Crippen molar-refractivity contribution in [2.45, 2.75) is 6.92 Å². The van der Waals surface area contributed by atoms with E-state index in [-0.39, 0.29) is 17.1 Å². The lowest BCUT2D eigenvalue weighted by atomic mass is 10.6. The first-order valence-corrected chi connectivity index (χ1v) is 3.15. The van der Waals surface area contributed by atoms with Gasteiger partial charge in [-0.2, -0.15) is 0 Å². The molecule has 0 aromatic rings. The van der Waals surface area contributed by atoms with Gasteiger partial charge in [-0.15, -0.1) is 0 Å². The van der Waals surface area contributed by atoms with Crippen LogP contribution < -0.4 is 5.32 Å². The minimum Gasteiger partial charge on any atom is -0.296 e. The van der Waals surface area contributed by atoms with Gasteiger partial charge in [-0.3, -0.25) is 14.9 Å². The van der Waals surface area contributed by atoms with Crippen LogP contribution in [-0.2, 0) is 9.59 Å². The largest absolute Gasteiger partial charge is 0.296 e. The molecule has 0 heterocycles. The minimum absolute atomic E-state index is 0.173. The second kappa shape index (κ2) is 3.60. The lowest BCUT2D eigenvalue weighted by Gasteiger charge is -1.92. The van der Waals surface area contributed by atoms with Gasteiger partial charge >= 0.3 is 0 Å². The number of rotatable bonds is 1. The molecular formula is C4H6BrNO2. The summed E-state index contributed by atoms with van der Waals surface area (Å²) in [4.78, 5) is 20.3. The Balaban J connectivity index is 3.40. The molecule has 0 aliphatic rings. The second-order valence-electron chi connectivity index (χ2n) is 1.24. The molecule has 0 saturated heterocycles. The summed E-state index contributed by atoms with van der Waals surface area (Å²) in [6.45, 7) is 1.29. The Kier molecular flexibility index (Phi) is 3.43. The summed E-state index contributed by atoms with van der Waals surface area (Å²) in [5.41, 5.74) is 0. The molecule has 0 aliphatic heterocycles. The first-order valence-electron chi connectivity index (χ1n) is 2.03. The van der Waals surface area contributed by atoms with Gasteiger partial charge in [0.25, 0.3) is 0 Å². The number of carbonyl (C=O) groups is 2. The minimum atomic E-state index is -0.325. The lowest BCUT2D eigenvalue weighted by molar-refractivity contribution is -0.127. The number of hydrogen-bond acceptors (Lipinski definition) is 2. The molecule has 0 bridgehead atoms. The molecule has 3 nitrogen and oxygen atoms in total. The van der Waals surface area contributed by atoms with Crippen molar-refractivity contribution < 1.29 is 9.59 Å². The van der Waals surface area contributed by atoms with Gasteiger partial charge in [0.2, 0.25) is 11.8 Å². The summed E-state index contributed by atoms with van der Waals surface area (Å²) in [6.07, 6.45) is 0. The van der Waals surface area contributed by atoms with Crippen LogP contribution in [0.25, 0.3) is 0 Å². The van der Waals surface area contributed by atoms with E-state index in [9.17, 15) is 9.59 Å². The topological polar surface area (TPSA) is 46.2 Å². The summed E-state index contributed by atoms with van der Waals surface area (Å²) < 4.78 is 0. The van der Waals surface area contributed by atoms with Crippen molar-refractivity contribution in [1.29, 1.82) is 0 Å². The van der Waals surface area contributed by atoms with Crippen molar-refractivity contribution in [3.63, 3.8) is 0 Å².